The van der Waals surface area contributed by atoms with Gasteiger partial charge in [0.1, 0.15) is 0 Å². The van der Waals surface area contributed by atoms with Crippen LogP contribution in [0, 0.1) is 26.2 Å². The van der Waals surface area contributed by atoms with Gasteiger partial charge in [0, 0.05) is 16.9 Å². The Morgan fingerprint density at radius 1 is 1.16 bits per heavy atom. The third kappa shape index (κ3) is 3.61. The maximum Gasteiger partial charge on any atom is 0.259 e. The van der Waals surface area contributed by atoms with Gasteiger partial charge in [0.05, 0.1) is 17.8 Å². The van der Waals surface area contributed by atoms with Gasteiger partial charge < -0.3 is 5.32 Å². The number of carbonyl (C=O) groups excluding carboxylic acids is 1. The molecule has 3 aromatic rings. The van der Waals surface area contributed by atoms with Crippen molar-refractivity contribution in [3.63, 3.8) is 0 Å². The van der Waals surface area contributed by atoms with E-state index >= 15 is 0 Å². The second kappa shape index (κ2) is 7.06. The number of terminal acetylenes is 1. The molecule has 0 aliphatic heterocycles. The number of anilines is 1. The van der Waals surface area contributed by atoms with Gasteiger partial charge in [0.25, 0.3) is 5.91 Å². The zero-order valence-electron chi connectivity index (χ0n) is 14.3. The van der Waals surface area contributed by atoms with Gasteiger partial charge in [-0.05, 0) is 37.6 Å². The van der Waals surface area contributed by atoms with Crippen molar-refractivity contribution < 1.29 is 4.79 Å². The summed E-state index contributed by atoms with van der Waals surface area (Å²) in [5.74, 6) is 2.39. The van der Waals surface area contributed by atoms with E-state index in [-0.39, 0.29) is 5.91 Å². The predicted molar refractivity (Wildman–Crippen MR) is 99.6 cm³/mol. The lowest BCUT2D eigenvalue weighted by Gasteiger charge is -2.07. The molecular weight excluding hydrogens is 310 g/mol. The number of hydrogen-bond donors (Lipinski definition) is 1. The summed E-state index contributed by atoms with van der Waals surface area (Å²) >= 11 is 0. The van der Waals surface area contributed by atoms with Crippen LogP contribution < -0.4 is 5.32 Å². The molecule has 1 N–H and O–H groups in total. The Hall–Kier alpha value is -3.32. The molecule has 4 heteroatoms. The van der Waals surface area contributed by atoms with Crippen LogP contribution in [0.5, 0.6) is 0 Å². The average Bonchev–Trinajstić information content (AvgIpc) is 2.89. The van der Waals surface area contributed by atoms with Crippen molar-refractivity contribution in [3.8, 4) is 12.3 Å². The van der Waals surface area contributed by atoms with Crippen LogP contribution in [-0.2, 0) is 6.54 Å². The lowest BCUT2D eigenvalue weighted by atomic mass is 10.1. The number of amides is 1. The molecule has 0 saturated carbocycles. The van der Waals surface area contributed by atoms with Crippen LogP contribution in [0.4, 0.5) is 5.69 Å². The van der Waals surface area contributed by atoms with Gasteiger partial charge in [-0.25, -0.2) is 0 Å². The SMILES string of the molecule is C#Cc1cccc(NC(=O)c2c(C)nn(Cc3ccccc3)c2C)c1. The molecular formula is C21H19N3O. The molecule has 2 aromatic carbocycles. The van der Waals surface area contributed by atoms with Crippen LogP contribution >= 0.6 is 0 Å². The van der Waals surface area contributed by atoms with E-state index in [1.807, 2.05) is 67.1 Å². The fraction of sp³-hybridized carbons (Fsp3) is 0.143. The Bertz CT molecular complexity index is 949. The van der Waals surface area contributed by atoms with Gasteiger partial charge in [-0.2, -0.15) is 5.10 Å². The van der Waals surface area contributed by atoms with E-state index in [1.165, 1.54) is 0 Å². The van der Waals surface area contributed by atoms with Crippen molar-refractivity contribution in [2.24, 2.45) is 0 Å². The highest BCUT2D eigenvalue weighted by Gasteiger charge is 2.19. The highest BCUT2D eigenvalue weighted by atomic mass is 16.1. The number of aromatic nitrogens is 2. The minimum absolute atomic E-state index is 0.177. The van der Waals surface area contributed by atoms with Crippen LogP contribution in [0.2, 0.25) is 0 Å². The molecule has 0 radical (unpaired) electrons. The summed E-state index contributed by atoms with van der Waals surface area (Å²) in [7, 11) is 0. The van der Waals surface area contributed by atoms with Crippen molar-refractivity contribution in [3.05, 3.63) is 82.7 Å². The quantitative estimate of drug-likeness (QED) is 0.741. The van der Waals surface area contributed by atoms with Gasteiger partial charge in [0.15, 0.2) is 0 Å². The Kier molecular flexibility index (Phi) is 4.67. The first kappa shape index (κ1) is 16.5. The average molecular weight is 329 g/mol. The van der Waals surface area contributed by atoms with E-state index in [1.54, 1.807) is 6.07 Å². The minimum Gasteiger partial charge on any atom is -0.322 e. The highest BCUT2D eigenvalue weighted by Crippen LogP contribution is 2.18. The maximum atomic E-state index is 12.7. The van der Waals surface area contributed by atoms with Crippen molar-refractivity contribution in [2.75, 3.05) is 5.32 Å². The molecule has 0 spiro atoms. The molecule has 0 bridgehead atoms. The van der Waals surface area contributed by atoms with E-state index in [2.05, 4.69) is 16.3 Å². The molecule has 1 heterocycles. The summed E-state index contributed by atoms with van der Waals surface area (Å²) in [6.45, 7) is 4.39. The minimum atomic E-state index is -0.177. The summed E-state index contributed by atoms with van der Waals surface area (Å²) < 4.78 is 1.86. The summed E-state index contributed by atoms with van der Waals surface area (Å²) in [6, 6.07) is 17.3. The van der Waals surface area contributed by atoms with Gasteiger partial charge in [-0.15, -0.1) is 6.42 Å². The zero-order valence-corrected chi connectivity index (χ0v) is 14.3. The van der Waals surface area contributed by atoms with Gasteiger partial charge in [-0.3, -0.25) is 9.48 Å². The number of hydrogen-bond acceptors (Lipinski definition) is 2. The topological polar surface area (TPSA) is 46.9 Å². The molecule has 1 aromatic heterocycles. The summed E-state index contributed by atoms with van der Waals surface area (Å²) in [6.07, 6.45) is 5.41. The standard InChI is InChI=1S/C21H19N3O/c1-4-17-11-8-12-19(13-17)22-21(25)20-15(2)23-24(16(20)3)14-18-9-6-5-7-10-18/h1,5-13H,14H2,2-3H3,(H,22,25). The molecule has 1 amide bonds. The molecule has 25 heavy (non-hydrogen) atoms. The normalized spacial score (nSPS) is 10.3. The van der Waals surface area contributed by atoms with E-state index in [0.29, 0.717) is 23.5 Å². The number of nitrogens with zero attached hydrogens (tertiary/aromatic N) is 2. The van der Waals surface area contributed by atoms with Crippen molar-refractivity contribution in [1.29, 1.82) is 0 Å². The Morgan fingerprint density at radius 3 is 2.64 bits per heavy atom. The Balaban J connectivity index is 1.84. The molecule has 3 rings (SSSR count). The first-order valence-electron chi connectivity index (χ1n) is 8.04. The zero-order chi connectivity index (χ0) is 17.8. The molecule has 0 unspecified atom stereocenters. The van der Waals surface area contributed by atoms with E-state index < -0.39 is 0 Å². The number of nitrogens with one attached hydrogen (secondary N) is 1. The third-order valence-electron chi connectivity index (χ3n) is 4.07. The van der Waals surface area contributed by atoms with Gasteiger partial charge >= 0.3 is 0 Å². The van der Waals surface area contributed by atoms with Gasteiger partial charge in [-0.1, -0.05) is 42.3 Å². The first-order chi connectivity index (χ1) is 12.1. The first-order valence-corrected chi connectivity index (χ1v) is 8.04. The number of rotatable bonds is 4. The third-order valence-corrected chi connectivity index (χ3v) is 4.07. The molecule has 0 aliphatic carbocycles. The van der Waals surface area contributed by atoms with E-state index in [0.717, 1.165) is 16.8 Å². The molecule has 0 saturated heterocycles. The van der Waals surface area contributed by atoms with Crippen LogP contribution in [0.25, 0.3) is 0 Å². The fourth-order valence-corrected chi connectivity index (χ4v) is 2.82. The lowest BCUT2D eigenvalue weighted by molar-refractivity contribution is 0.102. The Morgan fingerprint density at radius 2 is 1.92 bits per heavy atom. The summed E-state index contributed by atoms with van der Waals surface area (Å²) in [5, 5.41) is 7.43. The Labute approximate surface area is 147 Å². The van der Waals surface area contributed by atoms with Crippen LogP contribution in [0.15, 0.2) is 54.6 Å². The largest absolute Gasteiger partial charge is 0.322 e. The second-order valence-electron chi connectivity index (χ2n) is 5.87. The van der Waals surface area contributed by atoms with Crippen molar-refractivity contribution in [1.82, 2.24) is 9.78 Å². The van der Waals surface area contributed by atoms with Crippen molar-refractivity contribution >= 4 is 11.6 Å². The smallest absolute Gasteiger partial charge is 0.259 e. The van der Waals surface area contributed by atoms with E-state index in [9.17, 15) is 4.79 Å². The molecule has 124 valence electrons. The van der Waals surface area contributed by atoms with E-state index in [4.69, 9.17) is 6.42 Å². The van der Waals surface area contributed by atoms with Crippen LogP contribution in [0.1, 0.15) is 32.9 Å². The molecule has 0 aliphatic rings. The molecule has 0 fully saturated rings. The maximum absolute atomic E-state index is 12.7. The second-order valence-corrected chi connectivity index (χ2v) is 5.87. The molecule has 4 nitrogen and oxygen atoms in total. The number of aryl methyl sites for hydroxylation is 1. The van der Waals surface area contributed by atoms with Crippen LogP contribution in [0.3, 0.4) is 0 Å². The fourth-order valence-electron chi connectivity index (χ4n) is 2.82. The number of carbonyl (C=O) groups is 1. The highest BCUT2D eigenvalue weighted by molar-refractivity contribution is 6.05. The monoisotopic (exact) mass is 329 g/mol. The predicted octanol–water partition coefficient (Wildman–Crippen LogP) is 3.78. The summed E-state index contributed by atoms with van der Waals surface area (Å²) in [4.78, 5) is 12.7. The lowest BCUT2D eigenvalue weighted by Crippen LogP contribution is -2.14. The summed E-state index contributed by atoms with van der Waals surface area (Å²) in [5.41, 5.74) is 4.69. The van der Waals surface area contributed by atoms with Gasteiger partial charge in [0.2, 0.25) is 0 Å². The van der Waals surface area contributed by atoms with Crippen molar-refractivity contribution in [2.45, 2.75) is 20.4 Å². The number of benzene rings is 2. The molecule has 0 atom stereocenters. The van der Waals surface area contributed by atoms with Crippen LogP contribution in [-0.4, -0.2) is 15.7 Å².